The fourth-order valence-corrected chi connectivity index (χ4v) is 3.77. The maximum atomic E-state index is 13.2. The molecule has 1 aliphatic rings. The zero-order chi connectivity index (χ0) is 19.8. The molecule has 0 saturated heterocycles. The van der Waals surface area contributed by atoms with Crippen molar-refractivity contribution in [3.05, 3.63) is 92.9 Å². The van der Waals surface area contributed by atoms with E-state index in [2.05, 4.69) is 15.9 Å². The van der Waals surface area contributed by atoms with E-state index in [1.807, 2.05) is 72.8 Å². The third-order valence-corrected chi connectivity index (χ3v) is 5.41. The van der Waals surface area contributed by atoms with Gasteiger partial charge in [-0.3, -0.25) is 9.36 Å². The minimum atomic E-state index is -0.105. The molecule has 0 radical (unpaired) electrons. The molecule has 1 aliphatic heterocycles. The second-order valence-electron chi connectivity index (χ2n) is 6.52. The highest BCUT2D eigenvalue weighted by atomic mass is 79.9. The fourth-order valence-electron chi connectivity index (χ4n) is 3.31. The van der Waals surface area contributed by atoms with Crippen LogP contribution >= 0.6 is 15.9 Å². The molecular formula is C23H15BrN2O3. The summed E-state index contributed by atoms with van der Waals surface area (Å²) in [5.41, 5.74) is 2.22. The van der Waals surface area contributed by atoms with Gasteiger partial charge in [0.05, 0.1) is 16.6 Å². The van der Waals surface area contributed by atoms with Crippen molar-refractivity contribution in [3.63, 3.8) is 0 Å². The fraction of sp³-hybridized carbons (Fsp3) is 0.0435. The van der Waals surface area contributed by atoms with Gasteiger partial charge in [-0.1, -0.05) is 52.3 Å². The Hall–Kier alpha value is -3.38. The number of benzene rings is 3. The van der Waals surface area contributed by atoms with Crippen molar-refractivity contribution in [3.8, 4) is 17.2 Å². The summed E-state index contributed by atoms with van der Waals surface area (Å²) in [6.45, 7) is 0.217. The van der Waals surface area contributed by atoms with E-state index in [1.165, 1.54) is 0 Å². The van der Waals surface area contributed by atoms with Crippen molar-refractivity contribution in [2.75, 3.05) is 6.79 Å². The van der Waals surface area contributed by atoms with Gasteiger partial charge in [0.25, 0.3) is 5.56 Å². The second kappa shape index (κ2) is 7.22. The third kappa shape index (κ3) is 3.21. The van der Waals surface area contributed by atoms with E-state index >= 15 is 0 Å². The van der Waals surface area contributed by atoms with E-state index in [0.29, 0.717) is 28.2 Å². The number of ether oxygens (including phenoxy) is 2. The minimum absolute atomic E-state index is 0.105. The highest BCUT2D eigenvalue weighted by Gasteiger charge is 2.16. The van der Waals surface area contributed by atoms with E-state index in [-0.39, 0.29) is 12.4 Å². The molecule has 0 bridgehead atoms. The predicted molar refractivity (Wildman–Crippen MR) is 117 cm³/mol. The third-order valence-electron chi connectivity index (χ3n) is 4.72. The van der Waals surface area contributed by atoms with Crippen LogP contribution in [0, 0.1) is 0 Å². The number of para-hydroxylation sites is 2. The van der Waals surface area contributed by atoms with Crippen molar-refractivity contribution < 1.29 is 9.47 Å². The van der Waals surface area contributed by atoms with Gasteiger partial charge in [-0.15, -0.1) is 0 Å². The largest absolute Gasteiger partial charge is 0.454 e. The summed E-state index contributed by atoms with van der Waals surface area (Å²) in [5, 5.41) is 0.581. The summed E-state index contributed by atoms with van der Waals surface area (Å²) in [6.07, 6.45) is 3.74. The van der Waals surface area contributed by atoms with E-state index in [4.69, 9.17) is 14.5 Å². The van der Waals surface area contributed by atoms with Gasteiger partial charge in [0.2, 0.25) is 6.79 Å². The molecule has 0 saturated carbocycles. The molecule has 2 heterocycles. The lowest BCUT2D eigenvalue weighted by Crippen LogP contribution is -2.22. The average Bonchev–Trinajstić information content (AvgIpc) is 3.20. The quantitative estimate of drug-likeness (QED) is 0.441. The second-order valence-corrected chi connectivity index (χ2v) is 7.38. The standard InChI is InChI=1S/C23H15BrN2O3/c24-18-13-21-20(28-14-29-21)12-15(18)10-11-22-25-19-9-5-4-8-17(19)23(27)26(22)16-6-2-1-3-7-16/h1-13H,14H2/b11-10+. The molecule has 0 fully saturated rings. The summed E-state index contributed by atoms with van der Waals surface area (Å²) in [7, 11) is 0. The summed E-state index contributed by atoms with van der Waals surface area (Å²) < 4.78 is 13.4. The van der Waals surface area contributed by atoms with Crippen LogP contribution in [0.25, 0.3) is 28.7 Å². The van der Waals surface area contributed by atoms with Gasteiger partial charge < -0.3 is 9.47 Å². The Morgan fingerprint density at radius 3 is 2.48 bits per heavy atom. The van der Waals surface area contributed by atoms with E-state index in [1.54, 1.807) is 10.6 Å². The molecule has 0 aliphatic carbocycles. The Labute approximate surface area is 175 Å². The molecule has 5 nitrogen and oxygen atoms in total. The van der Waals surface area contributed by atoms with E-state index < -0.39 is 0 Å². The van der Waals surface area contributed by atoms with Gasteiger partial charge >= 0.3 is 0 Å². The smallest absolute Gasteiger partial charge is 0.266 e. The van der Waals surface area contributed by atoms with E-state index in [9.17, 15) is 4.79 Å². The molecule has 3 aromatic carbocycles. The van der Waals surface area contributed by atoms with Gasteiger partial charge in [0.1, 0.15) is 5.82 Å². The van der Waals surface area contributed by atoms with Gasteiger partial charge in [0.15, 0.2) is 11.5 Å². The highest BCUT2D eigenvalue weighted by Crippen LogP contribution is 2.37. The van der Waals surface area contributed by atoms with Crippen molar-refractivity contribution in [1.82, 2.24) is 9.55 Å². The molecule has 0 N–H and O–H groups in total. The first-order valence-corrected chi connectivity index (χ1v) is 9.84. The van der Waals surface area contributed by atoms with Crippen LogP contribution in [-0.2, 0) is 0 Å². The number of hydrogen-bond acceptors (Lipinski definition) is 4. The molecule has 0 atom stereocenters. The molecule has 0 spiro atoms. The first-order chi connectivity index (χ1) is 14.2. The molecular weight excluding hydrogens is 432 g/mol. The van der Waals surface area contributed by atoms with Crippen LogP contribution < -0.4 is 15.0 Å². The zero-order valence-corrected chi connectivity index (χ0v) is 16.8. The Bertz CT molecular complexity index is 1310. The highest BCUT2D eigenvalue weighted by molar-refractivity contribution is 9.10. The summed E-state index contributed by atoms with van der Waals surface area (Å²) in [5.74, 6) is 1.95. The first-order valence-electron chi connectivity index (χ1n) is 9.05. The lowest BCUT2D eigenvalue weighted by molar-refractivity contribution is 0.174. The Kier molecular flexibility index (Phi) is 4.41. The van der Waals surface area contributed by atoms with Crippen LogP contribution in [0.2, 0.25) is 0 Å². The molecule has 6 heteroatoms. The van der Waals surface area contributed by atoms with Crippen LogP contribution in [-0.4, -0.2) is 16.3 Å². The summed E-state index contributed by atoms with van der Waals surface area (Å²) in [6, 6.07) is 20.7. The van der Waals surface area contributed by atoms with Crippen LogP contribution in [0.5, 0.6) is 11.5 Å². The molecule has 29 heavy (non-hydrogen) atoms. The Morgan fingerprint density at radius 2 is 1.66 bits per heavy atom. The summed E-state index contributed by atoms with van der Waals surface area (Å²) >= 11 is 3.57. The molecule has 0 amide bonds. The predicted octanol–water partition coefficient (Wildman–Crippen LogP) is 5.05. The van der Waals surface area contributed by atoms with Crippen molar-refractivity contribution in [2.45, 2.75) is 0 Å². The number of nitrogens with zero attached hydrogens (tertiary/aromatic N) is 2. The first kappa shape index (κ1) is 17.7. The lowest BCUT2D eigenvalue weighted by atomic mass is 10.1. The SMILES string of the molecule is O=c1c2ccccc2nc(/C=C/c2cc3c(cc2Br)OCO3)n1-c1ccccc1. The van der Waals surface area contributed by atoms with Gasteiger partial charge in [-0.25, -0.2) is 4.98 Å². The molecule has 4 aromatic rings. The van der Waals surface area contributed by atoms with E-state index in [0.717, 1.165) is 15.7 Å². The van der Waals surface area contributed by atoms with Crippen LogP contribution in [0.4, 0.5) is 0 Å². The normalized spacial score (nSPS) is 12.7. The van der Waals surface area contributed by atoms with Crippen molar-refractivity contribution >= 4 is 39.0 Å². The van der Waals surface area contributed by atoms with Crippen LogP contribution in [0.3, 0.4) is 0 Å². The Balaban J connectivity index is 1.69. The molecule has 0 unspecified atom stereocenters. The molecule has 1 aromatic heterocycles. The number of halogens is 1. The van der Waals surface area contributed by atoms with Crippen LogP contribution in [0.1, 0.15) is 11.4 Å². The van der Waals surface area contributed by atoms with Gasteiger partial charge in [-0.05, 0) is 48.0 Å². The molecule has 142 valence electrons. The monoisotopic (exact) mass is 446 g/mol. The number of rotatable bonds is 3. The maximum absolute atomic E-state index is 13.2. The average molecular weight is 447 g/mol. The topological polar surface area (TPSA) is 53.4 Å². The molecule has 5 rings (SSSR count). The van der Waals surface area contributed by atoms with Gasteiger partial charge in [0, 0.05) is 4.47 Å². The zero-order valence-electron chi connectivity index (χ0n) is 15.2. The number of aromatic nitrogens is 2. The van der Waals surface area contributed by atoms with Crippen LogP contribution in [0.15, 0.2) is 76.0 Å². The lowest BCUT2D eigenvalue weighted by Gasteiger charge is -2.11. The Morgan fingerprint density at radius 1 is 0.931 bits per heavy atom. The summed E-state index contributed by atoms with van der Waals surface area (Å²) in [4.78, 5) is 18.0. The number of fused-ring (bicyclic) bond motifs is 2. The maximum Gasteiger partial charge on any atom is 0.266 e. The van der Waals surface area contributed by atoms with Crippen molar-refractivity contribution in [2.24, 2.45) is 0 Å². The number of hydrogen-bond donors (Lipinski definition) is 0. The minimum Gasteiger partial charge on any atom is -0.454 e. The van der Waals surface area contributed by atoms with Gasteiger partial charge in [-0.2, -0.15) is 0 Å². The van der Waals surface area contributed by atoms with Crippen molar-refractivity contribution in [1.29, 1.82) is 0 Å².